The highest BCUT2D eigenvalue weighted by Crippen LogP contribution is 2.26. The fourth-order valence-electron chi connectivity index (χ4n) is 1.40. The van der Waals surface area contributed by atoms with Crippen LogP contribution in [0.5, 0.6) is 5.75 Å². The fourth-order valence-corrected chi connectivity index (χ4v) is 2.36. The number of phenols is 1. The van der Waals surface area contributed by atoms with Crippen LogP contribution < -0.4 is 0 Å². The van der Waals surface area contributed by atoms with E-state index in [9.17, 15) is 18.6 Å². The molecular formula is C10H14O4S. The molecule has 1 rings (SSSR count). The van der Waals surface area contributed by atoms with Gasteiger partial charge in [-0.05, 0) is 19.1 Å². The van der Waals surface area contributed by atoms with E-state index in [0.717, 1.165) is 6.26 Å². The van der Waals surface area contributed by atoms with Crippen LogP contribution >= 0.6 is 0 Å². The van der Waals surface area contributed by atoms with Crippen molar-refractivity contribution in [2.45, 2.75) is 24.3 Å². The topological polar surface area (TPSA) is 74.6 Å². The Morgan fingerprint density at radius 2 is 2.00 bits per heavy atom. The van der Waals surface area contributed by atoms with Crippen molar-refractivity contribution in [2.75, 3.05) is 6.26 Å². The molecule has 0 amide bonds. The van der Waals surface area contributed by atoms with Gasteiger partial charge in [-0.3, -0.25) is 0 Å². The van der Waals surface area contributed by atoms with Gasteiger partial charge >= 0.3 is 0 Å². The zero-order valence-electron chi connectivity index (χ0n) is 8.64. The molecule has 5 heteroatoms. The highest BCUT2D eigenvalue weighted by Gasteiger charge is 2.17. The predicted molar refractivity (Wildman–Crippen MR) is 56.6 cm³/mol. The lowest BCUT2D eigenvalue weighted by Crippen LogP contribution is -2.09. The molecule has 0 spiro atoms. The minimum atomic E-state index is -3.37. The lowest BCUT2D eigenvalue weighted by Gasteiger charge is -2.11. The second-order valence-corrected chi connectivity index (χ2v) is 5.56. The normalized spacial score (nSPS) is 13.8. The van der Waals surface area contributed by atoms with E-state index in [0.29, 0.717) is 0 Å². The van der Waals surface area contributed by atoms with E-state index in [4.69, 9.17) is 0 Å². The Kier molecular flexibility index (Phi) is 3.36. The molecular weight excluding hydrogens is 216 g/mol. The standard InChI is InChI=1S/C10H14O4S/c1-7(11)6-8-9(12)4-3-5-10(8)15(2,13)14/h3-5,7,11-12H,6H2,1-2H3. The van der Waals surface area contributed by atoms with Crippen LogP contribution in [0.3, 0.4) is 0 Å². The van der Waals surface area contributed by atoms with Crippen molar-refractivity contribution in [1.29, 1.82) is 0 Å². The van der Waals surface area contributed by atoms with Crippen LogP contribution in [0.4, 0.5) is 0 Å². The first kappa shape index (κ1) is 12.0. The SMILES string of the molecule is CC(O)Cc1c(O)cccc1S(C)(=O)=O. The van der Waals surface area contributed by atoms with Crippen LogP contribution in [-0.2, 0) is 16.3 Å². The number of hydrogen-bond donors (Lipinski definition) is 2. The summed E-state index contributed by atoms with van der Waals surface area (Å²) in [6.45, 7) is 1.54. The fraction of sp³-hybridized carbons (Fsp3) is 0.400. The van der Waals surface area contributed by atoms with Crippen LogP contribution in [0.2, 0.25) is 0 Å². The smallest absolute Gasteiger partial charge is 0.175 e. The molecule has 4 nitrogen and oxygen atoms in total. The predicted octanol–water partition coefficient (Wildman–Crippen LogP) is 0.719. The molecule has 0 heterocycles. The Morgan fingerprint density at radius 3 is 2.47 bits per heavy atom. The van der Waals surface area contributed by atoms with Gasteiger partial charge in [0.25, 0.3) is 0 Å². The molecule has 1 atom stereocenters. The quantitative estimate of drug-likeness (QED) is 0.802. The first-order chi connectivity index (χ1) is 6.82. The molecule has 0 aliphatic heterocycles. The zero-order valence-corrected chi connectivity index (χ0v) is 9.45. The number of hydrogen-bond acceptors (Lipinski definition) is 4. The van der Waals surface area contributed by atoms with E-state index in [2.05, 4.69) is 0 Å². The molecule has 0 saturated carbocycles. The molecule has 1 unspecified atom stereocenters. The maximum atomic E-state index is 11.4. The Hall–Kier alpha value is -1.07. The first-order valence-corrected chi connectivity index (χ1v) is 6.40. The van der Waals surface area contributed by atoms with Crippen molar-refractivity contribution in [3.05, 3.63) is 23.8 Å². The van der Waals surface area contributed by atoms with Crippen molar-refractivity contribution < 1.29 is 18.6 Å². The maximum absolute atomic E-state index is 11.4. The zero-order chi connectivity index (χ0) is 11.6. The first-order valence-electron chi connectivity index (χ1n) is 4.51. The van der Waals surface area contributed by atoms with Crippen LogP contribution in [0.1, 0.15) is 12.5 Å². The largest absolute Gasteiger partial charge is 0.508 e. The van der Waals surface area contributed by atoms with E-state index in [1.165, 1.54) is 18.2 Å². The van der Waals surface area contributed by atoms with Crippen molar-refractivity contribution in [1.82, 2.24) is 0 Å². The minimum absolute atomic E-state index is 0.0726. The molecule has 0 aliphatic carbocycles. The average molecular weight is 230 g/mol. The molecule has 0 radical (unpaired) electrons. The lowest BCUT2D eigenvalue weighted by atomic mass is 10.1. The highest BCUT2D eigenvalue weighted by atomic mass is 32.2. The molecule has 0 aromatic heterocycles. The summed E-state index contributed by atoms with van der Waals surface area (Å²) in [5, 5.41) is 18.7. The van der Waals surface area contributed by atoms with Crippen LogP contribution in [0.15, 0.2) is 23.1 Å². The average Bonchev–Trinajstić information content (AvgIpc) is 2.05. The number of phenolic OH excluding ortho intramolecular Hbond substituents is 1. The summed E-state index contributed by atoms with van der Waals surface area (Å²) in [5.41, 5.74) is 0.273. The van der Waals surface area contributed by atoms with Crippen molar-refractivity contribution in [3.63, 3.8) is 0 Å². The van der Waals surface area contributed by atoms with Gasteiger partial charge in [0.1, 0.15) is 5.75 Å². The molecule has 0 aliphatic rings. The van der Waals surface area contributed by atoms with Gasteiger partial charge in [-0.25, -0.2) is 8.42 Å². The van der Waals surface area contributed by atoms with Crippen LogP contribution in [0, 0.1) is 0 Å². The highest BCUT2D eigenvalue weighted by molar-refractivity contribution is 7.90. The summed E-state index contributed by atoms with van der Waals surface area (Å²) >= 11 is 0. The molecule has 15 heavy (non-hydrogen) atoms. The summed E-state index contributed by atoms with van der Waals surface area (Å²) < 4.78 is 22.8. The third kappa shape index (κ3) is 2.94. The van der Waals surface area contributed by atoms with Crippen molar-refractivity contribution in [2.24, 2.45) is 0 Å². The number of rotatable bonds is 3. The van der Waals surface area contributed by atoms with E-state index < -0.39 is 15.9 Å². The Morgan fingerprint density at radius 1 is 1.40 bits per heavy atom. The monoisotopic (exact) mass is 230 g/mol. The number of aliphatic hydroxyl groups is 1. The minimum Gasteiger partial charge on any atom is -0.508 e. The number of benzene rings is 1. The van der Waals surface area contributed by atoms with Gasteiger partial charge in [-0.2, -0.15) is 0 Å². The Labute approximate surface area is 89.1 Å². The second kappa shape index (κ2) is 4.20. The summed E-state index contributed by atoms with van der Waals surface area (Å²) in [6.07, 6.45) is 0.501. The summed E-state index contributed by atoms with van der Waals surface area (Å²) in [6, 6.07) is 4.30. The molecule has 0 saturated heterocycles. The summed E-state index contributed by atoms with van der Waals surface area (Å²) in [5.74, 6) is -0.0983. The molecule has 1 aromatic carbocycles. The maximum Gasteiger partial charge on any atom is 0.175 e. The number of aliphatic hydroxyl groups excluding tert-OH is 1. The van der Waals surface area contributed by atoms with E-state index in [-0.39, 0.29) is 22.6 Å². The number of aromatic hydroxyl groups is 1. The molecule has 0 bridgehead atoms. The Bertz CT molecular complexity index is 448. The molecule has 2 N–H and O–H groups in total. The third-order valence-corrected chi connectivity index (χ3v) is 3.19. The van der Waals surface area contributed by atoms with Gasteiger partial charge in [0.2, 0.25) is 0 Å². The van der Waals surface area contributed by atoms with Gasteiger partial charge in [-0.1, -0.05) is 6.07 Å². The van der Waals surface area contributed by atoms with E-state index in [1.807, 2.05) is 0 Å². The van der Waals surface area contributed by atoms with Gasteiger partial charge in [0, 0.05) is 18.2 Å². The van der Waals surface area contributed by atoms with Crippen molar-refractivity contribution in [3.8, 4) is 5.75 Å². The van der Waals surface area contributed by atoms with Crippen molar-refractivity contribution >= 4 is 9.84 Å². The molecule has 1 aromatic rings. The lowest BCUT2D eigenvalue weighted by molar-refractivity contribution is 0.193. The van der Waals surface area contributed by atoms with E-state index >= 15 is 0 Å². The van der Waals surface area contributed by atoms with Crippen LogP contribution in [-0.4, -0.2) is 31.0 Å². The Balaban J connectivity index is 3.33. The van der Waals surface area contributed by atoms with Gasteiger partial charge in [0.15, 0.2) is 9.84 Å². The van der Waals surface area contributed by atoms with Crippen LogP contribution in [0.25, 0.3) is 0 Å². The second-order valence-electron chi connectivity index (χ2n) is 3.58. The third-order valence-electron chi connectivity index (χ3n) is 2.01. The molecule has 84 valence electrons. The van der Waals surface area contributed by atoms with E-state index in [1.54, 1.807) is 6.92 Å². The summed E-state index contributed by atoms with van der Waals surface area (Å²) in [4.78, 5) is 0.0726. The van der Waals surface area contributed by atoms with Gasteiger partial charge in [0.05, 0.1) is 11.0 Å². The van der Waals surface area contributed by atoms with Gasteiger partial charge < -0.3 is 10.2 Å². The number of sulfone groups is 1. The van der Waals surface area contributed by atoms with Gasteiger partial charge in [-0.15, -0.1) is 0 Å². The molecule has 0 fully saturated rings. The summed E-state index contributed by atoms with van der Waals surface area (Å²) in [7, 11) is -3.37.